The molecule has 0 aliphatic heterocycles. The summed E-state index contributed by atoms with van der Waals surface area (Å²) < 4.78 is 31.2. The molecule has 10 heteroatoms. The Labute approximate surface area is 211 Å². The Bertz CT molecular complexity index is 474. The molecule has 0 bridgehead atoms. The first-order valence-corrected chi connectivity index (χ1v) is 12.7. The van der Waals surface area contributed by atoms with Crippen LogP contribution in [0.25, 0.3) is 0 Å². The van der Waals surface area contributed by atoms with Crippen LogP contribution >= 0.6 is 0 Å². The van der Waals surface area contributed by atoms with Crippen molar-refractivity contribution in [3.8, 4) is 0 Å². The fourth-order valence-corrected chi connectivity index (χ4v) is 3.19. The molecule has 31 heavy (non-hydrogen) atoms. The van der Waals surface area contributed by atoms with E-state index in [1.165, 1.54) is 83.5 Å². The van der Waals surface area contributed by atoms with Crippen LogP contribution in [0.4, 0.5) is 0 Å². The Hall–Kier alpha value is 0.260. The third-order valence-electron chi connectivity index (χ3n) is 4.61. The van der Waals surface area contributed by atoms with E-state index in [0.29, 0.717) is 6.42 Å². The summed E-state index contributed by atoms with van der Waals surface area (Å²) in [6.45, 7) is 1.01. The summed E-state index contributed by atoms with van der Waals surface area (Å²) in [7, 11) is -4.50. The first-order chi connectivity index (χ1) is 14.2. The number of rotatable bonds is 20. The first-order valence-electron chi connectivity index (χ1n) is 11.4. The normalized spacial score (nSPS) is 11.9. The Morgan fingerprint density at radius 3 is 1.45 bits per heavy atom. The summed E-state index contributed by atoms with van der Waals surface area (Å²) in [6.07, 6.45) is 18.9. The Balaban J connectivity index is -0.000000604. The molecule has 0 fully saturated rings. The van der Waals surface area contributed by atoms with Crippen LogP contribution < -0.4 is 0 Å². The molecular weight excluding hydrogens is 435 g/mol. The van der Waals surface area contributed by atoms with E-state index in [4.69, 9.17) is 19.9 Å². The number of carbonyl (C=O) groups is 1. The molecule has 0 rings (SSSR count). The van der Waals surface area contributed by atoms with Crippen molar-refractivity contribution in [1.29, 1.82) is 0 Å². The number of unbranched alkanes of at least 4 members (excludes halogenated alkanes) is 14. The maximum atomic E-state index is 10.3. The summed E-state index contributed by atoms with van der Waals surface area (Å²) in [5, 5.41) is 25.1. The SMILES string of the molecule is CCCCCCCCCCCCCCCCCC(=O)O.O=S(=O)(O)OCC(O)CO.[NaH]. The van der Waals surface area contributed by atoms with Gasteiger partial charge >= 0.3 is 45.9 Å². The van der Waals surface area contributed by atoms with Gasteiger partial charge < -0.3 is 15.3 Å². The van der Waals surface area contributed by atoms with Crippen molar-refractivity contribution in [2.24, 2.45) is 0 Å². The average molecular weight is 481 g/mol. The van der Waals surface area contributed by atoms with Crippen molar-refractivity contribution in [1.82, 2.24) is 0 Å². The monoisotopic (exact) mass is 480 g/mol. The van der Waals surface area contributed by atoms with E-state index in [-0.39, 0.29) is 29.6 Å². The van der Waals surface area contributed by atoms with Crippen molar-refractivity contribution >= 4 is 45.9 Å². The van der Waals surface area contributed by atoms with Crippen LogP contribution in [-0.4, -0.2) is 83.1 Å². The molecule has 8 nitrogen and oxygen atoms in total. The van der Waals surface area contributed by atoms with Crippen LogP contribution in [0.15, 0.2) is 0 Å². The van der Waals surface area contributed by atoms with Gasteiger partial charge in [-0.05, 0) is 6.42 Å². The topological polar surface area (TPSA) is 141 Å². The molecule has 1 atom stereocenters. The molecule has 4 N–H and O–H groups in total. The van der Waals surface area contributed by atoms with Gasteiger partial charge in [0.2, 0.25) is 0 Å². The minimum absolute atomic E-state index is 0. The molecule has 0 saturated carbocycles. The van der Waals surface area contributed by atoms with E-state index in [9.17, 15) is 13.2 Å². The summed E-state index contributed by atoms with van der Waals surface area (Å²) in [5.74, 6) is -0.653. The van der Waals surface area contributed by atoms with Crippen LogP contribution in [0.1, 0.15) is 110 Å². The van der Waals surface area contributed by atoms with Gasteiger partial charge in [0.05, 0.1) is 13.2 Å². The molecule has 0 aromatic heterocycles. The number of carboxylic acid groups (broad SMARTS) is 1. The fraction of sp³-hybridized carbons (Fsp3) is 0.952. The van der Waals surface area contributed by atoms with E-state index >= 15 is 0 Å². The van der Waals surface area contributed by atoms with Gasteiger partial charge in [-0.2, -0.15) is 8.42 Å². The quantitative estimate of drug-likeness (QED) is 0.117. The average Bonchev–Trinajstić information content (AvgIpc) is 2.68. The van der Waals surface area contributed by atoms with E-state index in [1.54, 1.807) is 0 Å². The van der Waals surface area contributed by atoms with Crippen molar-refractivity contribution in [3.05, 3.63) is 0 Å². The Kier molecular flexibility index (Phi) is 30.7. The third kappa shape index (κ3) is 37.9. The predicted molar refractivity (Wildman–Crippen MR) is 125 cm³/mol. The summed E-state index contributed by atoms with van der Waals surface area (Å²) in [6, 6.07) is 0. The zero-order valence-electron chi connectivity index (χ0n) is 18.6. The second-order valence-corrected chi connectivity index (χ2v) is 8.73. The minimum atomic E-state index is -4.50. The zero-order valence-corrected chi connectivity index (χ0v) is 19.5. The van der Waals surface area contributed by atoms with Gasteiger partial charge in [0.15, 0.2) is 0 Å². The van der Waals surface area contributed by atoms with Gasteiger partial charge in [-0.25, -0.2) is 4.18 Å². The van der Waals surface area contributed by atoms with Crippen molar-refractivity contribution in [2.75, 3.05) is 13.2 Å². The molecule has 0 radical (unpaired) electrons. The molecule has 0 aromatic carbocycles. The summed E-state index contributed by atoms with van der Waals surface area (Å²) in [5.41, 5.74) is 0. The predicted octanol–water partition coefficient (Wildman–Crippen LogP) is 3.84. The van der Waals surface area contributed by atoms with E-state index in [2.05, 4.69) is 11.1 Å². The summed E-state index contributed by atoms with van der Waals surface area (Å²) in [4.78, 5) is 10.3. The fourth-order valence-electron chi connectivity index (χ4n) is 2.86. The molecule has 0 amide bonds. The van der Waals surface area contributed by atoms with Gasteiger partial charge in [0.25, 0.3) is 0 Å². The van der Waals surface area contributed by atoms with Crippen LogP contribution in [0.3, 0.4) is 0 Å². The number of hydrogen-bond donors (Lipinski definition) is 4. The molecule has 1 unspecified atom stereocenters. The van der Waals surface area contributed by atoms with Gasteiger partial charge in [-0.1, -0.05) is 96.8 Å². The number of aliphatic hydroxyl groups excluding tert-OH is 2. The van der Waals surface area contributed by atoms with Crippen LogP contribution in [0, 0.1) is 0 Å². The Morgan fingerprint density at radius 1 is 0.806 bits per heavy atom. The number of aliphatic hydroxyl groups is 2. The van der Waals surface area contributed by atoms with Crippen LogP contribution in [-0.2, 0) is 19.4 Å². The molecule has 0 spiro atoms. The second-order valence-electron chi connectivity index (χ2n) is 7.64. The second kappa shape index (κ2) is 26.5. The van der Waals surface area contributed by atoms with Gasteiger partial charge in [0, 0.05) is 6.42 Å². The molecule has 0 heterocycles. The van der Waals surface area contributed by atoms with Crippen molar-refractivity contribution < 1.29 is 37.3 Å². The first kappa shape index (κ1) is 35.8. The van der Waals surface area contributed by atoms with Crippen LogP contribution in [0.5, 0.6) is 0 Å². The molecule has 0 aromatic rings. The molecule has 184 valence electrons. The van der Waals surface area contributed by atoms with Gasteiger partial charge in [-0.3, -0.25) is 9.35 Å². The third-order valence-corrected chi connectivity index (χ3v) is 5.05. The number of aliphatic carboxylic acids is 1. The molecular formula is C21H45NaO8S. The molecule has 0 saturated heterocycles. The summed E-state index contributed by atoms with van der Waals surface area (Å²) >= 11 is 0. The van der Waals surface area contributed by atoms with E-state index < -0.39 is 35.7 Å². The molecule has 0 aliphatic carbocycles. The van der Waals surface area contributed by atoms with Gasteiger partial charge in [0.1, 0.15) is 6.10 Å². The number of carboxylic acids is 1. The van der Waals surface area contributed by atoms with Gasteiger partial charge in [-0.15, -0.1) is 0 Å². The Morgan fingerprint density at radius 2 is 1.16 bits per heavy atom. The van der Waals surface area contributed by atoms with Crippen molar-refractivity contribution in [3.63, 3.8) is 0 Å². The van der Waals surface area contributed by atoms with Crippen LogP contribution in [0.2, 0.25) is 0 Å². The number of hydrogen-bond acceptors (Lipinski definition) is 6. The zero-order chi connectivity index (χ0) is 23.1. The molecule has 0 aliphatic rings. The van der Waals surface area contributed by atoms with E-state index in [0.717, 1.165) is 12.8 Å². The van der Waals surface area contributed by atoms with E-state index in [1.807, 2.05) is 0 Å². The maximum absolute atomic E-state index is 10.3. The van der Waals surface area contributed by atoms with Crippen molar-refractivity contribution in [2.45, 2.75) is 116 Å². The standard InChI is InChI=1S/C18H36O2.C3H8O6S.Na.H/c1-2-3-4-5-6-7-8-9-10-11-12-13-14-15-16-17-18(19)20;4-1-3(5)2-9-10(6,7)8;;/h2-17H2,1H3,(H,19,20);3-5H,1-2H2,(H,6,7,8);;.